The fourth-order valence-corrected chi connectivity index (χ4v) is 1.93. The van der Waals surface area contributed by atoms with Crippen molar-refractivity contribution in [2.75, 3.05) is 6.61 Å². The van der Waals surface area contributed by atoms with Crippen molar-refractivity contribution < 1.29 is 19.2 Å². The number of ether oxygens (including phenoxy) is 2. The number of non-ortho nitro benzene ring substituents is 1. The molecular weight excluding hydrogens is 334 g/mol. The minimum atomic E-state index is -0.634. The van der Waals surface area contributed by atoms with Gasteiger partial charge in [0.2, 0.25) is 5.76 Å². The van der Waals surface area contributed by atoms with Crippen LogP contribution in [0.2, 0.25) is 5.02 Å². The normalized spacial score (nSPS) is 11.0. The topological polar surface area (TPSA) is 78.7 Å². The van der Waals surface area contributed by atoms with E-state index in [9.17, 15) is 14.9 Å². The maximum Gasteiger partial charge on any atom is 0.374 e. The highest BCUT2D eigenvalue weighted by Crippen LogP contribution is 2.20. The van der Waals surface area contributed by atoms with E-state index >= 15 is 0 Å². The number of rotatable bonds is 6. The number of carbonyl (C=O) groups excluding carboxylic acids is 1. The van der Waals surface area contributed by atoms with Crippen molar-refractivity contribution in [1.29, 1.82) is 0 Å². The van der Waals surface area contributed by atoms with E-state index in [1.165, 1.54) is 30.3 Å². The molecule has 2 aromatic rings. The zero-order chi connectivity index (χ0) is 17.5. The van der Waals surface area contributed by atoms with Gasteiger partial charge in [-0.3, -0.25) is 10.1 Å². The van der Waals surface area contributed by atoms with E-state index in [2.05, 4.69) is 0 Å². The third-order valence-corrected chi connectivity index (χ3v) is 3.17. The van der Waals surface area contributed by atoms with Crippen molar-refractivity contribution in [2.45, 2.75) is 6.92 Å². The summed E-state index contributed by atoms with van der Waals surface area (Å²) in [5, 5.41) is 11.2. The largest absolute Gasteiger partial charge is 0.460 e. The molecule has 124 valence electrons. The van der Waals surface area contributed by atoms with E-state index in [4.69, 9.17) is 21.1 Å². The predicted molar refractivity (Wildman–Crippen MR) is 89.8 cm³/mol. The van der Waals surface area contributed by atoms with Gasteiger partial charge < -0.3 is 9.47 Å². The van der Waals surface area contributed by atoms with Crippen LogP contribution in [-0.4, -0.2) is 17.5 Å². The van der Waals surface area contributed by atoms with Crippen LogP contribution in [0, 0.1) is 10.1 Å². The average Bonchev–Trinajstić information content (AvgIpc) is 2.57. The van der Waals surface area contributed by atoms with Crippen LogP contribution in [0.3, 0.4) is 0 Å². The fourth-order valence-electron chi connectivity index (χ4n) is 1.81. The van der Waals surface area contributed by atoms with Crippen molar-refractivity contribution in [2.24, 2.45) is 0 Å². The SMILES string of the molecule is CCOC(=O)/C(=C/c1ccc([N+](=O)[O-])cc1)Oc1ccc(Cl)cc1. The molecular formula is C17H14ClNO5. The zero-order valence-electron chi connectivity index (χ0n) is 12.8. The number of nitro benzene ring substituents is 1. The molecule has 0 atom stereocenters. The Balaban J connectivity index is 2.28. The monoisotopic (exact) mass is 347 g/mol. The maximum absolute atomic E-state index is 12.0. The van der Waals surface area contributed by atoms with Gasteiger partial charge in [0.25, 0.3) is 5.69 Å². The van der Waals surface area contributed by atoms with E-state index in [1.54, 1.807) is 31.2 Å². The summed E-state index contributed by atoms with van der Waals surface area (Å²) in [5.41, 5.74) is 0.529. The molecule has 6 nitrogen and oxygen atoms in total. The summed E-state index contributed by atoms with van der Waals surface area (Å²) in [6, 6.07) is 12.2. The Hall–Kier alpha value is -2.86. The Bertz CT molecular complexity index is 754. The molecule has 0 saturated heterocycles. The quantitative estimate of drug-likeness (QED) is 0.257. The Morgan fingerprint density at radius 1 is 1.17 bits per heavy atom. The van der Waals surface area contributed by atoms with E-state index < -0.39 is 10.9 Å². The highest BCUT2D eigenvalue weighted by atomic mass is 35.5. The molecule has 0 N–H and O–H groups in total. The van der Waals surface area contributed by atoms with Gasteiger partial charge in [0.1, 0.15) is 5.75 Å². The van der Waals surface area contributed by atoms with Crippen molar-refractivity contribution >= 4 is 29.3 Å². The standard InChI is InChI=1S/C17H14ClNO5/c1-2-23-17(20)16(24-15-9-5-13(18)6-10-15)11-12-3-7-14(8-4-12)19(21)22/h3-11H,2H2,1H3/b16-11-. The van der Waals surface area contributed by atoms with Crippen LogP contribution in [-0.2, 0) is 9.53 Å². The number of hydrogen-bond acceptors (Lipinski definition) is 5. The number of nitrogens with zero attached hydrogens (tertiary/aromatic N) is 1. The van der Waals surface area contributed by atoms with Gasteiger partial charge in [0.15, 0.2) is 0 Å². The first-order valence-electron chi connectivity index (χ1n) is 7.06. The van der Waals surface area contributed by atoms with E-state index in [0.717, 1.165) is 0 Å². The van der Waals surface area contributed by atoms with E-state index in [-0.39, 0.29) is 18.1 Å². The van der Waals surface area contributed by atoms with Crippen molar-refractivity contribution in [1.82, 2.24) is 0 Å². The smallest absolute Gasteiger partial charge is 0.374 e. The van der Waals surface area contributed by atoms with Gasteiger partial charge in [0, 0.05) is 17.2 Å². The van der Waals surface area contributed by atoms with Crippen LogP contribution in [0.15, 0.2) is 54.3 Å². The molecule has 0 amide bonds. The third kappa shape index (κ3) is 4.82. The number of halogens is 1. The Morgan fingerprint density at radius 2 is 1.79 bits per heavy atom. The van der Waals surface area contributed by atoms with Crippen LogP contribution in [0.4, 0.5) is 5.69 Å². The third-order valence-electron chi connectivity index (χ3n) is 2.92. The fraction of sp³-hybridized carbons (Fsp3) is 0.118. The molecule has 0 aliphatic carbocycles. The first-order chi connectivity index (χ1) is 11.5. The zero-order valence-corrected chi connectivity index (χ0v) is 13.5. The van der Waals surface area contributed by atoms with Gasteiger partial charge in [-0.05, 0) is 55.0 Å². The summed E-state index contributed by atoms with van der Waals surface area (Å²) < 4.78 is 10.5. The van der Waals surface area contributed by atoms with Crippen molar-refractivity contribution in [3.05, 3.63) is 75.0 Å². The summed E-state index contributed by atoms with van der Waals surface area (Å²) >= 11 is 5.81. The minimum absolute atomic E-state index is 0.0342. The van der Waals surface area contributed by atoms with Crippen LogP contribution in [0.1, 0.15) is 12.5 Å². The molecule has 0 spiro atoms. The molecule has 2 rings (SSSR count). The average molecular weight is 348 g/mol. The van der Waals surface area contributed by atoms with Gasteiger partial charge in [-0.15, -0.1) is 0 Å². The summed E-state index contributed by atoms with van der Waals surface area (Å²) in [4.78, 5) is 22.2. The molecule has 7 heteroatoms. The lowest BCUT2D eigenvalue weighted by Crippen LogP contribution is -2.12. The summed E-state index contributed by atoms with van der Waals surface area (Å²) in [5.74, 6) is -0.251. The van der Waals surface area contributed by atoms with Gasteiger partial charge in [-0.1, -0.05) is 11.6 Å². The lowest BCUT2D eigenvalue weighted by Gasteiger charge is -2.09. The Labute approximate surface area is 143 Å². The maximum atomic E-state index is 12.0. The molecule has 0 heterocycles. The molecule has 24 heavy (non-hydrogen) atoms. The summed E-state index contributed by atoms with van der Waals surface area (Å²) in [7, 11) is 0. The van der Waals surface area contributed by atoms with Crippen LogP contribution in [0.25, 0.3) is 6.08 Å². The summed E-state index contributed by atoms with van der Waals surface area (Å²) in [6.07, 6.45) is 1.45. The van der Waals surface area contributed by atoms with Crippen molar-refractivity contribution in [3.8, 4) is 5.75 Å². The minimum Gasteiger partial charge on any atom is -0.460 e. The van der Waals surface area contributed by atoms with Crippen molar-refractivity contribution in [3.63, 3.8) is 0 Å². The predicted octanol–water partition coefficient (Wildman–Crippen LogP) is 4.23. The summed E-state index contributed by atoms with van der Waals surface area (Å²) in [6.45, 7) is 1.88. The molecule has 0 aliphatic rings. The van der Waals surface area contributed by atoms with Gasteiger partial charge in [0.05, 0.1) is 11.5 Å². The van der Waals surface area contributed by atoms with Crippen LogP contribution < -0.4 is 4.74 Å². The lowest BCUT2D eigenvalue weighted by atomic mass is 10.2. The molecule has 0 bridgehead atoms. The number of nitro groups is 1. The van der Waals surface area contributed by atoms with Gasteiger partial charge >= 0.3 is 5.97 Å². The van der Waals surface area contributed by atoms with E-state index in [0.29, 0.717) is 16.3 Å². The molecule has 0 unspecified atom stereocenters. The Morgan fingerprint density at radius 3 is 2.33 bits per heavy atom. The second-order valence-electron chi connectivity index (χ2n) is 4.63. The first-order valence-corrected chi connectivity index (χ1v) is 7.44. The molecule has 0 fully saturated rings. The number of hydrogen-bond donors (Lipinski definition) is 0. The lowest BCUT2D eigenvalue weighted by molar-refractivity contribution is -0.384. The number of carbonyl (C=O) groups is 1. The van der Waals surface area contributed by atoms with Crippen LogP contribution in [0.5, 0.6) is 5.75 Å². The molecule has 2 aromatic carbocycles. The number of esters is 1. The highest BCUT2D eigenvalue weighted by Gasteiger charge is 2.14. The number of benzene rings is 2. The Kier molecular flexibility index (Phi) is 5.92. The van der Waals surface area contributed by atoms with Crippen LogP contribution >= 0.6 is 11.6 Å². The second kappa shape index (κ2) is 8.12. The molecule has 0 aromatic heterocycles. The van der Waals surface area contributed by atoms with Gasteiger partial charge in [-0.25, -0.2) is 4.79 Å². The molecule has 0 saturated carbocycles. The highest BCUT2D eigenvalue weighted by molar-refractivity contribution is 6.30. The first kappa shape index (κ1) is 17.5. The van der Waals surface area contributed by atoms with E-state index in [1.807, 2.05) is 0 Å². The molecule has 0 radical (unpaired) electrons. The molecule has 0 aliphatic heterocycles. The van der Waals surface area contributed by atoms with Gasteiger partial charge in [-0.2, -0.15) is 0 Å². The second-order valence-corrected chi connectivity index (χ2v) is 5.07.